The van der Waals surface area contributed by atoms with Crippen molar-refractivity contribution in [2.24, 2.45) is 0 Å². The molecule has 0 aromatic rings. The van der Waals surface area contributed by atoms with E-state index < -0.39 is 0 Å². The lowest BCUT2D eigenvalue weighted by molar-refractivity contribution is 0.372. The summed E-state index contributed by atoms with van der Waals surface area (Å²) in [5.74, 6) is 0. The summed E-state index contributed by atoms with van der Waals surface area (Å²) in [5.41, 5.74) is 0. The third-order valence-corrected chi connectivity index (χ3v) is 2.25. The lowest BCUT2D eigenvalue weighted by atomic mass is 10.1. The average molecular weight is 187 g/mol. The van der Waals surface area contributed by atoms with E-state index >= 15 is 0 Å². The molecule has 80 valence electrons. The predicted molar refractivity (Wildman–Crippen MR) is 59.2 cm³/mol. The Morgan fingerprint density at radius 3 is 2.23 bits per heavy atom. The monoisotopic (exact) mass is 187 g/mol. The average Bonchev–Trinajstić information content (AvgIpc) is 2.03. The maximum absolute atomic E-state index is 3.50. The Labute approximate surface area is 82.9 Å². The van der Waals surface area contributed by atoms with Crippen molar-refractivity contribution in [2.45, 2.75) is 32.4 Å². The Morgan fingerprint density at radius 1 is 1.15 bits per heavy atom. The van der Waals surface area contributed by atoms with Crippen LogP contribution in [-0.4, -0.2) is 51.2 Å². The van der Waals surface area contributed by atoms with Gasteiger partial charge in [-0.3, -0.25) is 0 Å². The molecule has 0 amide bonds. The van der Waals surface area contributed by atoms with E-state index in [2.05, 4.69) is 43.5 Å². The Bertz CT molecular complexity index is 115. The predicted octanol–water partition coefficient (Wildman–Crippen LogP) is 0.524. The van der Waals surface area contributed by atoms with Crippen LogP contribution in [-0.2, 0) is 0 Å². The van der Waals surface area contributed by atoms with E-state index in [0.29, 0.717) is 12.1 Å². The molecule has 0 spiro atoms. The van der Waals surface area contributed by atoms with E-state index in [1.807, 2.05) is 7.05 Å². The van der Waals surface area contributed by atoms with Gasteiger partial charge in [-0.05, 0) is 41.4 Å². The maximum atomic E-state index is 3.50. The van der Waals surface area contributed by atoms with E-state index in [-0.39, 0.29) is 0 Å². The van der Waals surface area contributed by atoms with E-state index in [4.69, 9.17) is 0 Å². The second-order valence-corrected chi connectivity index (χ2v) is 4.08. The standard InChI is InChI=1S/C10H25N3/c1-9(11-3)8-10(2)12-6-7-13(4)5/h9-12H,6-8H2,1-5H3. The molecule has 0 aromatic heterocycles. The van der Waals surface area contributed by atoms with Crippen LogP contribution < -0.4 is 10.6 Å². The number of likely N-dealkylation sites (N-methyl/N-ethyl adjacent to an activating group) is 1. The summed E-state index contributed by atoms with van der Waals surface area (Å²) in [6.07, 6.45) is 1.18. The van der Waals surface area contributed by atoms with Gasteiger partial charge in [-0.15, -0.1) is 0 Å². The van der Waals surface area contributed by atoms with Gasteiger partial charge in [-0.2, -0.15) is 0 Å². The lowest BCUT2D eigenvalue weighted by Gasteiger charge is -2.19. The summed E-state index contributed by atoms with van der Waals surface area (Å²) >= 11 is 0. The van der Waals surface area contributed by atoms with Crippen molar-refractivity contribution in [3.8, 4) is 0 Å². The van der Waals surface area contributed by atoms with Crippen molar-refractivity contribution in [1.29, 1.82) is 0 Å². The topological polar surface area (TPSA) is 27.3 Å². The van der Waals surface area contributed by atoms with Crippen LogP contribution in [0.5, 0.6) is 0 Å². The normalized spacial score (nSPS) is 16.2. The molecular weight excluding hydrogens is 162 g/mol. The van der Waals surface area contributed by atoms with Gasteiger partial charge in [-0.1, -0.05) is 0 Å². The van der Waals surface area contributed by atoms with Crippen LogP contribution in [0.25, 0.3) is 0 Å². The number of nitrogens with one attached hydrogen (secondary N) is 2. The fraction of sp³-hybridized carbons (Fsp3) is 1.00. The second-order valence-electron chi connectivity index (χ2n) is 4.08. The molecule has 0 fully saturated rings. The molecule has 0 aliphatic heterocycles. The summed E-state index contributed by atoms with van der Waals surface area (Å²) in [6, 6.07) is 1.20. The highest BCUT2D eigenvalue weighted by Crippen LogP contribution is 1.95. The summed E-state index contributed by atoms with van der Waals surface area (Å²) in [6.45, 7) is 6.64. The zero-order valence-corrected chi connectivity index (χ0v) is 9.72. The van der Waals surface area contributed by atoms with Gasteiger partial charge in [0.25, 0.3) is 0 Å². The van der Waals surface area contributed by atoms with Crippen molar-refractivity contribution in [3.05, 3.63) is 0 Å². The van der Waals surface area contributed by atoms with Crippen LogP contribution in [0.15, 0.2) is 0 Å². The number of hydrogen-bond donors (Lipinski definition) is 2. The smallest absolute Gasteiger partial charge is 0.0101 e. The molecular formula is C10H25N3. The molecule has 0 aliphatic carbocycles. The molecule has 0 aromatic carbocycles. The van der Waals surface area contributed by atoms with Crippen LogP contribution in [0.4, 0.5) is 0 Å². The molecule has 0 rings (SSSR count). The summed E-state index contributed by atoms with van der Waals surface area (Å²) in [7, 11) is 6.21. The molecule has 0 radical (unpaired) electrons. The highest BCUT2D eigenvalue weighted by atomic mass is 15.1. The number of hydrogen-bond acceptors (Lipinski definition) is 3. The van der Waals surface area contributed by atoms with E-state index in [1.165, 1.54) is 6.42 Å². The van der Waals surface area contributed by atoms with Gasteiger partial charge in [0.2, 0.25) is 0 Å². The minimum atomic E-state index is 0.599. The lowest BCUT2D eigenvalue weighted by Crippen LogP contribution is -2.37. The first-order chi connectivity index (χ1) is 6.06. The van der Waals surface area contributed by atoms with Crippen LogP contribution in [0.3, 0.4) is 0 Å². The van der Waals surface area contributed by atoms with E-state index in [9.17, 15) is 0 Å². The van der Waals surface area contributed by atoms with Crippen molar-refractivity contribution in [2.75, 3.05) is 34.2 Å². The zero-order chi connectivity index (χ0) is 10.3. The molecule has 0 bridgehead atoms. The Morgan fingerprint density at radius 2 is 1.77 bits per heavy atom. The van der Waals surface area contributed by atoms with E-state index in [0.717, 1.165) is 13.1 Å². The Hall–Kier alpha value is -0.120. The maximum Gasteiger partial charge on any atom is 0.0101 e. The Balaban J connectivity index is 3.34. The first-order valence-electron chi connectivity index (χ1n) is 5.11. The fourth-order valence-electron chi connectivity index (χ4n) is 1.27. The highest BCUT2D eigenvalue weighted by Gasteiger charge is 2.05. The van der Waals surface area contributed by atoms with Gasteiger partial charge < -0.3 is 15.5 Å². The zero-order valence-electron chi connectivity index (χ0n) is 9.72. The van der Waals surface area contributed by atoms with Crippen molar-refractivity contribution in [1.82, 2.24) is 15.5 Å². The third kappa shape index (κ3) is 8.22. The second kappa shape index (κ2) is 7.30. The molecule has 0 saturated heterocycles. The molecule has 3 nitrogen and oxygen atoms in total. The van der Waals surface area contributed by atoms with Gasteiger partial charge in [-0.25, -0.2) is 0 Å². The first-order valence-corrected chi connectivity index (χ1v) is 5.11. The number of nitrogens with zero attached hydrogens (tertiary/aromatic N) is 1. The van der Waals surface area contributed by atoms with Gasteiger partial charge in [0.05, 0.1) is 0 Å². The minimum Gasteiger partial charge on any atom is -0.317 e. The molecule has 3 heteroatoms. The molecule has 0 aliphatic rings. The molecule has 2 atom stereocenters. The van der Waals surface area contributed by atoms with Crippen LogP contribution in [0.2, 0.25) is 0 Å². The van der Waals surface area contributed by atoms with Crippen LogP contribution in [0.1, 0.15) is 20.3 Å². The summed E-state index contributed by atoms with van der Waals surface area (Å²) < 4.78 is 0. The van der Waals surface area contributed by atoms with Gasteiger partial charge >= 0.3 is 0 Å². The quantitative estimate of drug-likeness (QED) is 0.608. The van der Waals surface area contributed by atoms with Gasteiger partial charge in [0.1, 0.15) is 0 Å². The fourth-order valence-corrected chi connectivity index (χ4v) is 1.27. The van der Waals surface area contributed by atoms with Crippen molar-refractivity contribution >= 4 is 0 Å². The molecule has 0 saturated carbocycles. The van der Waals surface area contributed by atoms with Crippen LogP contribution in [0, 0.1) is 0 Å². The van der Waals surface area contributed by atoms with E-state index in [1.54, 1.807) is 0 Å². The molecule has 13 heavy (non-hydrogen) atoms. The van der Waals surface area contributed by atoms with Gasteiger partial charge in [0, 0.05) is 25.2 Å². The van der Waals surface area contributed by atoms with Crippen molar-refractivity contribution < 1.29 is 0 Å². The summed E-state index contributed by atoms with van der Waals surface area (Å²) in [5, 5.41) is 6.74. The van der Waals surface area contributed by atoms with Gasteiger partial charge in [0.15, 0.2) is 0 Å². The Kier molecular flexibility index (Phi) is 7.23. The largest absolute Gasteiger partial charge is 0.317 e. The molecule has 2 N–H and O–H groups in total. The van der Waals surface area contributed by atoms with Crippen LogP contribution >= 0.6 is 0 Å². The molecule has 0 heterocycles. The third-order valence-electron chi connectivity index (χ3n) is 2.25. The molecule has 2 unspecified atom stereocenters. The number of rotatable bonds is 7. The summed E-state index contributed by atoms with van der Waals surface area (Å²) in [4.78, 5) is 2.20. The highest BCUT2D eigenvalue weighted by molar-refractivity contribution is 4.68. The van der Waals surface area contributed by atoms with Crippen molar-refractivity contribution in [3.63, 3.8) is 0 Å². The first kappa shape index (κ1) is 12.9. The minimum absolute atomic E-state index is 0.599. The SMILES string of the molecule is CNC(C)CC(C)NCCN(C)C.